The smallest absolute Gasteiger partial charge is 0.175 e. The van der Waals surface area contributed by atoms with E-state index in [-0.39, 0.29) is 11.6 Å². The number of hydrogen-bond acceptors (Lipinski definition) is 5. The maximum absolute atomic E-state index is 11.5. The van der Waals surface area contributed by atoms with Gasteiger partial charge in [0.2, 0.25) is 0 Å². The number of piperidine rings is 1. The molecule has 2 fully saturated rings. The summed E-state index contributed by atoms with van der Waals surface area (Å²) in [6.45, 7) is 9.09. The fourth-order valence-corrected chi connectivity index (χ4v) is 4.81. The van der Waals surface area contributed by atoms with Crippen LogP contribution >= 0.6 is 0 Å². The molecule has 5 nitrogen and oxygen atoms in total. The summed E-state index contributed by atoms with van der Waals surface area (Å²) in [7, 11) is -3.16. The molecule has 1 saturated carbocycles. The van der Waals surface area contributed by atoms with E-state index in [1.807, 2.05) is 0 Å². The summed E-state index contributed by atoms with van der Waals surface area (Å²) >= 11 is 0. The number of rotatable bonds is 5. The van der Waals surface area contributed by atoms with Crippen molar-refractivity contribution in [2.24, 2.45) is 0 Å². The highest BCUT2D eigenvalue weighted by Crippen LogP contribution is 2.29. The highest BCUT2D eigenvalue weighted by atomic mass is 32.2. The topological polar surface area (TPSA) is 55.8 Å². The summed E-state index contributed by atoms with van der Waals surface area (Å²) < 4.78 is 35.5. The fourth-order valence-electron chi connectivity index (χ4n) is 4.18. The number of sulfone groups is 1. The molecule has 0 N–H and O–H groups in total. The summed E-state index contributed by atoms with van der Waals surface area (Å²) in [5, 5.41) is 0. The van der Waals surface area contributed by atoms with Crippen LogP contribution in [-0.4, -0.2) is 56.5 Å². The van der Waals surface area contributed by atoms with Crippen molar-refractivity contribution >= 4 is 9.84 Å². The van der Waals surface area contributed by atoms with Crippen LogP contribution in [-0.2, 0) is 14.6 Å². The van der Waals surface area contributed by atoms with Crippen molar-refractivity contribution in [3.63, 3.8) is 0 Å². The van der Waals surface area contributed by atoms with Gasteiger partial charge >= 0.3 is 0 Å². The second kappa shape index (κ2) is 8.72. The monoisotopic (exact) mass is 409 g/mol. The highest BCUT2D eigenvalue weighted by molar-refractivity contribution is 7.90. The zero-order valence-electron chi connectivity index (χ0n) is 17.7. The standard InChI is InChI=1S/C22H35NO4S/c1-22(2,3)23-15-13-20(14-16-23)27-18-7-5-17(6-8-18)26-19-9-11-21(12-10-19)28(4,24)25/h9-12,17-18,20H,5-8,13-16H2,1-4H3. The number of likely N-dealkylation sites (tertiary alicyclic amines) is 1. The van der Waals surface area contributed by atoms with Gasteiger partial charge in [-0.3, -0.25) is 4.90 Å². The average molecular weight is 410 g/mol. The fraction of sp³-hybridized carbons (Fsp3) is 0.727. The Labute approximate surface area is 170 Å². The predicted molar refractivity (Wildman–Crippen MR) is 112 cm³/mol. The Hall–Kier alpha value is -1.11. The second-order valence-corrected chi connectivity index (χ2v) is 11.3. The Balaban J connectivity index is 1.40. The van der Waals surface area contributed by atoms with Gasteiger partial charge in [0, 0.05) is 24.9 Å². The number of hydrogen-bond donors (Lipinski definition) is 0. The maximum atomic E-state index is 11.5. The average Bonchev–Trinajstić information content (AvgIpc) is 2.63. The molecule has 0 bridgehead atoms. The molecular weight excluding hydrogens is 374 g/mol. The van der Waals surface area contributed by atoms with Gasteiger partial charge in [-0.05, 0) is 83.6 Å². The molecule has 1 saturated heterocycles. The molecule has 158 valence electrons. The van der Waals surface area contributed by atoms with Crippen LogP contribution in [0.25, 0.3) is 0 Å². The van der Waals surface area contributed by atoms with Crippen LogP contribution in [0.15, 0.2) is 29.2 Å². The molecule has 0 aromatic heterocycles. The van der Waals surface area contributed by atoms with E-state index in [9.17, 15) is 8.42 Å². The van der Waals surface area contributed by atoms with Crippen molar-refractivity contribution in [1.82, 2.24) is 4.90 Å². The molecule has 2 aliphatic rings. The second-order valence-electron chi connectivity index (χ2n) is 9.25. The molecule has 3 rings (SSSR count). The molecule has 0 radical (unpaired) electrons. The minimum absolute atomic E-state index is 0.187. The Kier molecular flexibility index (Phi) is 6.72. The van der Waals surface area contributed by atoms with Crippen LogP contribution in [0.1, 0.15) is 59.3 Å². The molecular formula is C22H35NO4S. The summed E-state index contributed by atoms with van der Waals surface area (Å²) in [5.74, 6) is 0.742. The first-order valence-corrected chi connectivity index (χ1v) is 12.4. The van der Waals surface area contributed by atoms with Crippen LogP contribution in [0.4, 0.5) is 0 Å². The molecule has 0 unspecified atom stereocenters. The van der Waals surface area contributed by atoms with E-state index in [1.54, 1.807) is 24.3 Å². The zero-order chi connectivity index (χ0) is 20.4. The van der Waals surface area contributed by atoms with E-state index in [2.05, 4.69) is 25.7 Å². The Morgan fingerprint density at radius 3 is 1.86 bits per heavy atom. The first kappa shape index (κ1) is 21.6. The van der Waals surface area contributed by atoms with Gasteiger partial charge < -0.3 is 9.47 Å². The summed E-state index contributed by atoms with van der Waals surface area (Å²) in [6, 6.07) is 6.73. The van der Waals surface area contributed by atoms with Crippen molar-refractivity contribution in [2.75, 3.05) is 19.3 Å². The van der Waals surface area contributed by atoms with Crippen molar-refractivity contribution < 1.29 is 17.9 Å². The molecule has 1 aliphatic carbocycles. The van der Waals surface area contributed by atoms with Gasteiger partial charge in [0.15, 0.2) is 9.84 Å². The van der Waals surface area contributed by atoms with Crippen LogP contribution in [0.2, 0.25) is 0 Å². The van der Waals surface area contributed by atoms with Crippen molar-refractivity contribution in [1.29, 1.82) is 0 Å². The molecule has 1 aromatic carbocycles. The SMILES string of the molecule is CC(C)(C)N1CCC(OC2CCC(Oc3ccc(S(C)(=O)=O)cc3)CC2)CC1. The summed E-state index contributed by atoms with van der Waals surface area (Å²) in [4.78, 5) is 2.88. The van der Waals surface area contributed by atoms with Crippen LogP contribution in [0.5, 0.6) is 5.75 Å². The third-order valence-corrected chi connectivity index (χ3v) is 7.08. The lowest BCUT2D eigenvalue weighted by molar-refractivity contribution is -0.0741. The van der Waals surface area contributed by atoms with E-state index >= 15 is 0 Å². The molecule has 1 aliphatic heterocycles. The predicted octanol–water partition coefficient (Wildman–Crippen LogP) is 4.06. The minimum atomic E-state index is -3.16. The minimum Gasteiger partial charge on any atom is -0.490 e. The van der Waals surface area contributed by atoms with Crippen LogP contribution in [0.3, 0.4) is 0 Å². The lowest BCUT2D eigenvalue weighted by Gasteiger charge is -2.42. The van der Waals surface area contributed by atoms with E-state index in [1.165, 1.54) is 6.26 Å². The number of ether oxygens (including phenoxy) is 2. The largest absolute Gasteiger partial charge is 0.490 e. The summed E-state index contributed by atoms with van der Waals surface area (Å²) in [6.07, 6.45) is 8.43. The van der Waals surface area contributed by atoms with Crippen LogP contribution < -0.4 is 4.74 Å². The Bertz CT molecular complexity index is 723. The summed E-state index contributed by atoms with van der Waals surface area (Å²) in [5.41, 5.74) is 0.250. The van der Waals surface area contributed by atoms with Crippen molar-refractivity contribution in [3.05, 3.63) is 24.3 Å². The highest BCUT2D eigenvalue weighted by Gasteiger charge is 2.30. The molecule has 0 amide bonds. The number of benzene rings is 1. The van der Waals surface area contributed by atoms with Crippen LogP contribution in [0, 0.1) is 0 Å². The lowest BCUT2D eigenvalue weighted by Crippen LogP contribution is -2.48. The third-order valence-electron chi connectivity index (χ3n) is 5.95. The van der Waals surface area contributed by atoms with E-state index < -0.39 is 9.84 Å². The van der Waals surface area contributed by atoms with Gasteiger partial charge in [-0.25, -0.2) is 8.42 Å². The lowest BCUT2D eigenvalue weighted by atomic mass is 9.94. The van der Waals surface area contributed by atoms with E-state index in [0.717, 1.165) is 57.4 Å². The van der Waals surface area contributed by atoms with Gasteiger partial charge in [-0.2, -0.15) is 0 Å². The number of nitrogens with zero attached hydrogens (tertiary/aromatic N) is 1. The van der Waals surface area contributed by atoms with Crippen molar-refractivity contribution in [2.45, 2.75) is 88.0 Å². The molecule has 1 heterocycles. The third kappa shape index (κ3) is 5.94. The first-order chi connectivity index (χ1) is 13.1. The van der Waals surface area contributed by atoms with Gasteiger partial charge in [-0.1, -0.05) is 0 Å². The molecule has 1 aromatic rings. The molecule has 28 heavy (non-hydrogen) atoms. The van der Waals surface area contributed by atoms with Gasteiger partial charge in [0.25, 0.3) is 0 Å². The maximum Gasteiger partial charge on any atom is 0.175 e. The Morgan fingerprint density at radius 1 is 0.857 bits per heavy atom. The quantitative estimate of drug-likeness (QED) is 0.734. The van der Waals surface area contributed by atoms with E-state index in [0.29, 0.717) is 17.1 Å². The molecule has 6 heteroatoms. The van der Waals surface area contributed by atoms with Gasteiger partial charge in [0.1, 0.15) is 5.75 Å². The molecule has 0 spiro atoms. The van der Waals surface area contributed by atoms with Gasteiger partial charge in [-0.15, -0.1) is 0 Å². The van der Waals surface area contributed by atoms with Crippen molar-refractivity contribution in [3.8, 4) is 5.75 Å². The molecule has 0 atom stereocenters. The first-order valence-electron chi connectivity index (χ1n) is 10.5. The normalized spacial score (nSPS) is 25.6. The zero-order valence-corrected chi connectivity index (χ0v) is 18.5. The Morgan fingerprint density at radius 2 is 1.36 bits per heavy atom. The van der Waals surface area contributed by atoms with E-state index in [4.69, 9.17) is 9.47 Å². The van der Waals surface area contributed by atoms with Gasteiger partial charge in [0.05, 0.1) is 23.2 Å².